The lowest BCUT2D eigenvalue weighted by Crippen LogP contribution is -2.08. The van der Waals surface area contributed by atoms with Gasteiger partial charge in [0.25, 0.3) is 0 Å². The molecular weight excluding hydrogens is 188 g/mol. The predicted octanol–water partition coefficient (Wildman–Crippen LogP) is -1.91. The van der Waals surface area contributed by atoms with Crippen molar-refractivity contribution >= 4 is 25.2 Å². The average molecular weight is 193 g/mol. The first-order valence-electron chi connectivity index (χ1n) is 1.84. The van der Waals surface area contributed by atoms with Gasteiger partial charge in [-0.15, -0.1) is 4.62 Å². The van der Waals surface area contributed by atoms with Gasteiger partial charge in [-0.3, -0.25) is 0 Å². The van der Waals surface area contributed by atoms with Gasteiger partial charge < -0.3 is 9.79 Å². The SMILES string of the molecule is N#CN(C#N)OP(=O)(O)O.[AlH3]. The number of nitrogens with zero attached hydrogens (tertiary/aromatic N) is 3. The van der Waals surface area contributed by atoms with Gasteiger partial charge in [-0.05, 0) is 0 Å². The van der Waals surface area contributed by atoms with E-state index in [0.717, 1.165) is 12.4 Å². The highest BCUT2D eigenvalue weighted by Crippen LogP contribution is 2.36. The summed E-state index contributed by atoms with van der Waals surface area (Å²) < 4.78 is 13.4. The normalized spacial score (nSPS) is 8.73. The minimum Gasteiger partial charge on any atom is -0.301 e. The quantitative estimate of drug-likeness (QED) is 0.173. The third-order valence-electron chi connectivity index (χ3n) is 0.370. The Balaban J connectivity index is 0. The molecule has 0 aromatic rings. The standard InChI is InChI=1S/C2H2N3O4P.Al.3H/c3-1-5(2-4)9-10(6,7)8;;;;/h(H2,6,7,8);;;;. The molecule has 0 aliphatic rings. The third-order valence-corrected chi connectivity index (χ3v) is 0.746. The molecule has 2 N–H and O–H groups in total. The van der Waals surface area contributed by atoms with Crippen molar-refractivity contribution in [2.75, 3.05) is 0 Å². The average Bonchev–Trinajstić information content (AvgIpc) is 1.81. The van der Waals surface area contributed by atoms with Gasteiger partial charge in [-0.1, -0.05) is 5.06 Å². The molecule has 0 saturated heterocycles. The summed E-state index contributed by atoms with van der Waals surface area (Å²) in [5.41, 5.74) is 0. The fourth-order valence-corrected chi connectivity index (χ4v) is 0.451. The Morgan fingerprint density at radius 3 is 1.82 bits per heavy atom. The highest BCUT2D eigenvalue weighted by atomic mass is 31.2. The Bertz CT molecular complexity index is 223. The van der Waals surface area contributed by atoms with Crippen molar-refractivity contribution in [2.45, 2.75) is 0 Å². The van der Waals surface area contributed by atoms with Crippen LogP contribution in [0.1, 0.15) is 0 Å². The molecule has 0 rings (SSSR count). The molecule has 0 atom stereocenters. The number of rotatable bonds is 2. The Kier molecular flexibility index (Phi) is 6.08. The lowest BCUT2D eigenvalue weighted by Gasteiger charge is -2.04. The van der Waals surface area contributed by atoms with Crippen molar-refractivity contribution in [1.29, 1.82) is 10.5 Å². The molecule has 0 spiro atoms. The summed E-state index contributed by atoms with van der Waals surface area (Å²) in [5.74, 6) is 0. The molecular formula is C2H5AlN3O4P. The maximum Gasteiger partial charge on any atom is 0.492 e. The van der Waals surface area contributed by atoms with Crippen LogP contribution in [-0.2, 0) is 9.19 Å². The topological polar surface area (TPSA) is 118 Å². The van der Waals surface area contributed by atoms with Crippen LogP contribution in [-0.4, -0.2) is 32.2 Å². The van der Waals surface area contributed by atoms with Gasteiger partial charge in [0.2, 0.25) is 12.4 Å². The van der Waals surface area contributed by atoms with Crippen LogP contribution >= 0.6 is 7.82 Å². The Hall–Kier alpha value is -0.578. The van der Waals surface area contributed by atoms with E-state index in [9.17, 15) is 4.57 Å². The first-order chi connectivity index (χ1) is 4.49. The van der Waals surface area contributed by atoms with E-state index in [4.69, 9.17) is 20.3 Å². The molecule has 0 unspecified atom stereocenters. The largest absolute Gasteiger partial charge is 0.492 e. The molecule has 0 saturated carbocycles. The molecule has 0 aromatic carbocycles. The Morgan fingerprint density at radius 2 is 1.73 bits per heavy atom. The second-order valence-corrected chi connectivity index (χ2v) is 2.21. The van der Waals surface area contributed by atoms with E-state index in [1.807, 2.05) is 0 Å². The summed E-state index contributed by atoms with van der Waals surface area (Å²) in [4.78, 5) is 16.0. The van der Waals surface area contributed by atoms with Gasteiger partial charge in [0.05, 0.1) is 0 Å². The number of hydroxylamine groups is 2. The van der Waals surface area contributed by atoms with Crippen LogP contribution in [0.25, 0.3) is 0 Å². The van der Waals surface area contributed by atoms with Crippen molar-refractivity contribution in [1.82, 2.24) is 5.06 Å². The highest BCUT2D eigenvalue weighted by molar-refractivity contribution is 7.46. The molecule has 0 heterocycles. The molecule has 0 amide bonds. The van der Waals surface area contributed by atoms with Gasteiger partial charge in [0.1, 0.15) is 0 Å². The maximum absolute atomic E-state index is 9.89. The smallest absolute Gasteiger partial charge is 0.301 e. The van der Waals surface area contributed by atoms with Crippen LogP contribution in [0.2, 0.25) is 0 Å². The number of hydrogen-bond donors (Lipinski definition) is 2. The molecule has 11 heavy (non-hydrogen) atoms. The molecule has 0 aliphatic heterocycles. The van der Waals surface area contributed by atoms with E-state index < -0.39 is 7.82 Å². The van der Waals surface area contributed by atoms with E-state index in [1.165, 1.54) is 0 Å². The van der Waals surface area contributed by atoms with E-state index in [0.29, 0.717) is 0 Å². The van der Waals surface area contributed by atoms with Crippen molar-refractivity contribution in [2.24, 2.45) is 0 Å². The second-order valence-electron chi connectivity index (χ2n) is 1.07. The molecule has 7 nitrogen and oxygen atoms in total. The fourth-order valence-electron chi connectivity index (χ4n) is 0.165. The van der Waals surface area contributed by atoms with Crippen LogP contribution in [0.3, 0.4) is 0 Å². The Labute approximate surface area is 72.7 Å². The number of phosphoric acid groups is 1. The highest BCUT2D eigenvalue weighted by Gasteiger charge is 2.19. The molecule has 0 bridgehead atoms. The maximum atomic E-state index is 9.89. The van der Waals surface area contributed by atoms with Gasteiger partial charge in [0.15, 0.2) is 17.4 Å². The molecule has 0 aliphatic carbocycles. The summed E-state index contributed by atoms with van der Waals surface area (Å²) in [7, 11) is -4.77. The summed E-state index contributed by atoms with van der Waals surface area (Å²) in [6.45, 7) is 0. The van der Waals surface area contributed by atoms with E-state index in [2.05, 4.69) is 4.62 Å². The zero-order chi connectivity index (χ0) is 8.20. The fraction of sp³-hybridized carbons (Fsp3) is 0. The number of hydrogen-bond acceptors (Lipinski definition) is 5. The van der Waals surface area contributed by atoms with Gasteiger partial charge in [0, 0.05) is 0 Å². The number of nitriles is 2. The molecule has 60 valence electrons. The minimum atomic E-state index is -4.77. The molecule has 0 aromatic heterocycles. The summed E-state index contributed by atoms with van der Waals surface area (Å²) in [6.07, 6.45) is 2.13. The van der Waals surface area contributed by atoms with Crippen LogP contribution in [0.5, 0.6) is 0 Å². The van der Waals surface area contributed by atoms with E-state index in [-0.39, 0.29) is 22.4 Å². The first-order valence-corrected chi connectivity index (χ1v) is 3.37. The first kappa shape index (κ1) is 13.0. The van der Waals surface area contributed by atoms with E-state index >= 15 is 0 Å². The van der Waals surface area contributed by atoms with Crippen molar-refractivity contribution in [3.05, 3.63) is 0 Å². The molecule has 9 heteroatoms. The zero-order valence-corrected chi connectivity index (χ0v) is 5.39. The summed E-state index contributed by atoms with van der Waals surface area (Å²) in [6, 6.07) is 0. The minimum absolute atomic E-state index is 0. The van der Waals surface area contributed by atoms with Crippen molar-refractivity contribution in [3.63, 3.8) is 0 Å². The lowest BCUT2D eigenvalue weighted by molar-refractivity contribution is 0.0247. The van der Waals surface area contributed by atoms with Gasteiger partial charge in [-0.2, -0.15) is 10.5 Å². The predicted molar refractivity (Wildman–Crippen MR) is 36.1 cm³/mol. The van der Waals surface area contributed by atoms with Gasteiger partial charge >= 0.3 is 7.82 Å². The van der Waals surface area contributed by atoms with Gasteiger partial charge in [-0.25, -0.2) is 4.57 Å². The summed E-state index contributed by atoms with van der Waals surface area (Å²) in [5, 5.41) is 15.6. The lowest BCUT2D eigenvalue weighted by atomic mass is 11.1. The second kappa shape index (κ2) is 5.12. The van der Waals surface area contributed by atoms with Crippen molar-refractivity contribution < 1.29 is 19.0 Å². The monoisotopic (exact) mass is 193 g/mol. The summed E-state index contributed by atoms with van der Waals surface area (Å²) >= 11 is 0. The molecule has 0 radical (unpaired) electrons. The Morgan fingerprint density at radius 1 is 1.36 bits per heavy atom. The van der Waals surface area contributed by atoms with E-state index in [1.54, 1.807) is 0 Å². The van der Waals surface area contributed by atoms with Crippen LogP contribution in [0, 0.1) is 22.9 Å². The van der Waals surface area contributed by atoms with Crippen LogP contribution < -0.4 is 0 Å². The molecule has 0 fully saturated rings. The zero-order valence-electron chi connectivity index (χ0n) is 4.50. The van der Waals surface area contributed by atoms with Crippen molar-refractivity contribution in [3.8, 4) is 12.4 Å². The van der Waals surface area contributed by atoms with Crippen LogP contribution in [0.4, 0.5) is 0 Å². The van der Waals surface area contributed by atoms with Crippen LogP contribution in [0.15, 0.2) is 0 Å². The third kappa shape index (κ3) is 7.32.